The van der Waals surface area contributed by atoms with Gasteiger partial charge in [0.1, 0.15) is 0 Å². The maximum Gasteiger partial charge on any atom is 0.304 e. The zero-order valence-corrected chi connectivity index (χ0v) is 9.92. The molecule has 0 amide bonds. The molecule has 2 aromatic carbocycles. The van der Waals surface area contributed by atoms with Gasteiger partial charge >= 0.3 is 5.69 Å². The lowest BCUT2D eigenvalue weighted by Crippen LogP contribution is -1.92. The number of nitrogens with zero attached hydrogens (tertiary/aromatic N) is 1. The van der Waals surface area contributed by atoms with Gasteiger partial charge in [0.2, 0.25) is 5.82 Å². The molecular formula is C14H11FN2O2. The average molecular weight is 258 g/mol. The second kappa shape index (κ2) is 5.30. The molecule has 0 radical (unpaired) electrons. The van der Waals surface area contributed by atoms with E-state index >= 15 is 0 Å². The zero-order chi connectivity index (χ0) is 13.8. The van der Waals surface area contributed by atoms with Crippen molar-refractivity contribution in [2.24, 2.45) is 0 Å². The number of nitro benzene ring substituents is 1. The summed E-state index contributed by atoms with van der Waals surface area (Å²) in [7, 11) is 0. The van der Waals surface area contributed by atoms with E-state index in [1.165, 1.54) is 6.07 Å². The molecule has 19 heavy (non-hydrogen) atoms. The molecule has 0 saturated carbocycles. The molecule has 5 heteroatoms. The Balaban J connectivity index is 2.22. The molecule has 0 aliphatic heterocycles. The van der Waals surface area contributed by atoms with Crippen molar-refractivity contribution in [3.63, 3.8) is 0 Å². The molecule has 2 rings (SSSR count). The smallest absolute Gasteiger partial charge is 0.304 e. The highest BCUT2D eigenvalue weighted by atomic mass is 19.1. The summed E-state index contributed by atoms with van der Waals surface area (Å²) in [5.41, 5.74) is 7.17. The second-order valence-electron chi connectivity index (χ2n) is 3.97. The Morgan fingerprint density at radius 2 is 1.63 bits per heavy atom. The number of anilines is 1. The number of nitrogens with two attached hydrogens (primary N) is 1. The van der Waals surface area contributed by atoms with Gasteiger partial charge in [-0.1, -0.05) is 24.3 Å². The van der Waals surface area contributed by atoms with Crippen molar-refractivity contribution in [1.29, 1.82) is 0 Å². The number of halogens is 1. The van der Waals surface area contributed by atoms with Gasteiger partial charge in [0.15, 0.2) is 0 Å². The first-order valence-electron chi connectivity index (χ1n) is 5.54. The third-order valence-corrected chi connectivity index (χ3v) is 2.57. The summed E-state index contributed by atoms with van der Waals surface area (Å²) in [4.78, 5) is 9.73. The van der Waals surface area contributed by atoms with Crippen LogP contribution in [0.5, 0.6) is 0 Å². The number of nitro groups is 1. The standard InChI is InChI=1S/C14H11FN2O2/c15-13-9-11(5-8-14(13)17(18)19)2-1-10-3-6-12(16)7-4-10/h1-9H,16H2/b2-1+. The Hall–Kier alpha value is -2.69. The first-order valence-corrected chi connectivity index (χ1v) is 5.54. The van der Waals surface area contributed by atoms with Crippen molar-refractivity contribution >= 4 is 23.5 Å². The van der Waals surface area contributed by atoms with Crippen LogP contribution < -0.4 is 5.73 Å². The lowest BCUT2D eigenvalue weighted by molar-refractivity contribution is -0.387. The molecule has 0 saturated heterocycles. The summed E-state index contributed by atoms with van der Waals surface area (Å²) in [6.07, 6.45) is 3.46. The Morgan fingerprint density at radius 1 is 1.05 bits per heavy atom. The summed E-state index contributed by atoms with van der Waals surface area (Å²) < 4.78 is 13.4. The molecule has 0 heterocycles. The highest BCUT2D eigenvalue weighted by molar-refractivity contribution is 5.70. The minimum atomic E-state index is -0.843. The van der Waals surface area contributed by atoms with Gasteiger partial charge in [-0.2, -0.15) is 4.39 Å². The topological polar surface area (TPSA) is 69.2 Å². The molecule has 96 valence electrons. The molecule has 0 aliphatic carbocycles. The van der Waals surface area contributed by atoms with Crippen molar-refractivity contribution in [2.45, 2.75) is 0 Å². The quantitative estimate of drug-likeness (QED) is 0.396. The van der Waals surface area contributed by atoms with E-state index in [0.29, 0.717) is 11.3 Å². The van der Waals surface area contributed by atoms with Crippen LogP contribution in [0.1, 0.15) is 11.1 Å². The summed E-state index contributed by atoms with van der Waals surface area (Å²) in [5, 5.41) is 10.5. The van der Waals surface area contributed by atoms with Crippen LogP contribution in [0.3, 0.4) is 0 Å². The van der Waals surface area contributed by atoms with Crippen LogP contribution >= 0.6 is 0 Å². The van der Waals surface area contributed by atoms with Crippen molar-refractivity contribution in [2.75, 3.05) is 5.73 Å². The number of hydrogen-bond acceptors (Lipinski definition) is 3. The van der Waals surface area contributed by atoms with Gasteiger partial charge in [0, 0.05) is 11.8 Å². The van der Waals surface area contributed by atoms with E-state index < -0.39 is 16.4 Å². The highest BCUT2D eigenvalue weighted by Crippen LogP contribution is 2.19. The van der Waals surface area contributed by atoms with Gasteiger partial charge in [0.05, 0.1) is 4.92 Å². The molecule has 2 N–H and O–H groups in total. The molecule has 0 aliphatic rings. The van der Waals surface area contributed by atoms with Gasteiger partial charge in [-0.25, -0.2) is 0 Å². The van der Waals surface area contributed by atoms with Crippen molar-refractivity contribution in [3.05, 3.63) is 69.5 Å². The predicted octanol–water partition coefficient (Wildman–Crippen LogP) is 3.49. The van der Waals surface area contributed by atoms with Gasteiger partial charge in [-0.05, 0) is 35.4 Å². The third kappa shape index (κ3) is 3.16. The highest BCUT2D eigenvalue weighted by Gasteiger charge is 2.12. The number of rotatable bonds is 3. The first kappa shape index (κ1) is 12.8. The predicted molar refractivity (Wildman–Crippen MR) is 72.8 cm³/mol. The van der Waals surface area contributed by atoms with Gasteiger partial charge in [0.25, 0.3) is 0 Å². The van der Waals surface area contributed by atoms with Gasteiger partial charge < -0.3 is 5.73 Å². The fourth-order valence-corrected chi connectivity index (χ4v) is 1.57. The molecular weight excluding hydrogens is 247 g/mol. The minimum Gasteiger partial charge on any atom is -0.399 e. The first-order chi connectivity index (χ1) is 9.06. The van der Waals surface area contributed by atoms with E-state index in [-0.39, 0.29) is 0 Å². The van der Waals surface area contributed by atoms with E-state index in [4.69, 9.17) is 5.73 Å². The summed E-state index contributed by atoms with van der Waals surface area (Å²) in [5.74, 6) is -0.843. The Bertz CT molecular complexity index is 636. The fraction of sp³-hybridized carbons (Fsp3) is 0. The summed E-state index contributed by atoms with van der Waals surface area (Å²) in [6.45, 7) is 0. The summed E-state index contributed by atoms with van der Waals surface area (Å²) in [6, 6.07) is 11.0. The summed E-state index contributed by atoms with van der Waals surface area (Å²) >= 11 is 0. The minimum absolute atomic E-state index is 0.523. The Morgan fingerprint density at radius 3 is 2.21 bits per heavy atom. The van der Waals surface area contributed by atoms with Crippen molar-refractivity contribution in [3.8, 4) is 0 Å². The van der Waals surface area contributed by atoms with Crippen molar-refractivity contribution < 1.29 is 9.31 Å². The van der Waals surface area contributed by atoms with Crippen LogP contribution in [-0.2, 0) is 0 Å². The van der Waals surface area contributed by atoms with Gasteiger partial charge in [-0.15, -0.1) is 0 Å². The molecule has 0 atom stereocenters. The Kier molecular flexibility index (Phi) is 3.56. The molecule has 4 nitrogen and oxygen atoms in total. The lowest BCUT2D eigenvalue weighted by Gasteiger charge is -1.97. The normalized spacial score (nSPS) is 10.8. The maximum atomic E-state index is 13.4. The second-order valence-corrected chi connectivity index (χ2v) is 3.97. The van der Waals surface area contributed by atoms with E-state index in [0.717, 1.165) is 17.7 Å². The van der Waals surface area contributed by atoms with Crippen LogP contribution in [0.15, 0.2) is 42.5 Å². The van der Waals surface area contributed by atoms with E-state index in [2.05, 4.69) is 0 Å². The molecule has 0 unspecified atom stereocenters. The fourth-order valence-electron chi connectivity index (χ4n) is 1.57. The number of hydrogen-bond donors (Lipinski definition) is 1. The van der Waals surface area contributed by atoms with Crippen LogP contribution in [0.25, 0.3) is 12.2 Å². The molecule has 0 aromatic heterocycles. The molecule has 0 spiro atoms. The van der Waals surface area contributed by atoms with Crippen molar-refractivity contribution in [1.82, 2.24) is 0 Å². The molecule has 0 bridgehead atoms. The average Bonchev–Trinajstić information content (AvgIpc) is 2.37. The number of nitrogen functional groups attached to an aromatic ring is 1. The van der Waals surface area contributed by atoms with Crippen LogP contribution in [-0.4, -0.2) is 4.92 Å². The third-order valence-electron chi connectivity index (χ3n) is 2.57. The molecule has 0 fully saturated rings. The number of benzene rings is 2. The molecule has 2 aromatic rings. The zero-order valence-electron chi connectivity index (χ0n) is 9.92. The van der Waals surface area contributed by atoms with E-state index in [9.17, 15) is 14.5 Å². The SMILES string of the molecule is Nc1ccc(/C=C/c2ccc([N+](=O)[O-])c(F)c2)cc1. The van der Waals surface area contributed by atoms with Gasteiger partial charge in [-0.3, -0.25) is 10.1 Å². The van der Waals surface area contributed by atoms with Crippen LogP contribution in [0, 0.1) is 15.9 Å². The largest absolute Gasteiger partial charge is 0.399 e. The lowest BCUT2D eigenvalue weighted by atomic mass is 10.1. The Labute approximate surface area is 109 Å². The monoisotopic (exact) mass is 258 g/mol. The van der Waals surface area contributed by atoms with Crippen LogP contribution in [0.2, 0.25) is 0 Å². The van der Waals surface area contributed by atoms with E-state index in [1.807, 2.05) is 12.1 Å². The van der Waals surface area contributed by atoms with Crippen LogP contribution in [0.4, 0.5) is 15.8 Å². The van der Waals surface area contributed by atoms with E-state index in [1.54, 1.807) is 24.3 Å². The maximum absolute atomic E-state index is 13.4.